The molecule has 2 aromatic carbocycles. The molecule has 0 aliphatic rings. The molecule has 116 valence electrons. The van der Waals surface area contributed by atoms with Crippen LogP contribution < -0.4 is 10.6 Å². The number of nitrogens with zero attached hydrogens (tertiary/aromatic N) is 3. The maximum Gasteiger partial charge on any atom is 0.249 e. The van der Waals surface area contributed by atoms with E-state index in [0.717, 1.165) is 11.3 Å². The molecule has 0 bridgehead atoms. The van der Waals surface area contributed by atoms with Crippen LogP contribution in [0.2, 0.25) is 0 Å². The fraction of sp³-hybridized carbons (Fsp3) is 0.167. The predicted molar refractivity (Wildman–Crippen MR) is 92.8 cm³/mol. The number of hydrogen-bond acceptors (Lipinski definition) is 5. The van der Waals surface area contributed by atoms with Crippen LogP contribution >= 0.6 is 0 Å². The van der Waals surface area contributed by atoms with Crippen molar-refractivity contribution in [3.05, 3.63) is 71.4 Å². The molecule has 0 fully saturated rings. The molecule has 1 aromatic heterocycles. The van der Waals surface area contributed by atoms with Crippen molar-refractivity contribution in [1.82, 2.24) is 15.2 Å². The number of aromatic nitrogens is 3. The summed E-state index contributed by atoms with van der Waals surface area (Å²) in [5.74, 6) is 1.17. The minimum absolute atomic E-state index is 0.480. The number of hydrogen-bond donors (Lipinski definition) is 2. The standard InChI is InChI=1S/C18H19N5/c1-13-6-5-8-15(10-13)11-19-17-12-20-23-18(22-17)21-16-9-4-3-7-14(16)2/h3-10,12H,11H2,1-2H3,(H2,19,21,22,23). The number of anilines is 3. The Balaban J connectivity index is 1.69. The number of benzene rings is 2. The Kier molecular flexibility index (Phi) is 4.47. The first-order chi connectivity index (χ1) is 11.2. The average Bonchev–Trinajstić information content (AvgIpc) is 2.56. The summed E-state index contributed by atoms with van der Waals surface area (Å²) in [6.45, 7) is 4.82. The van der Waals surface area contributed by atoms with Crippen LogP contribution in [-0.4, -0.2) is 15.2 Å². The Morgan fingerprint density at radius 1 is 1.00 bits per heavy atom. The van der Waals surface area contributed by atoms with E-state index in [-0.39, 0.29) is 0 Å². The Hall–Kier alpha value is -2.95. The van der Waals surface area contributed by atoms with E-state index in [4.69, 9.17) is 0 Å². The van der Waals surface area contributed by atoms with Gasteiger partial charge in [-0.3, -0.25) is 0 Å². The van der Waals surface area contributed by atoms with E-state index < -0.39 is 0 Å². The number of para-hydroxylation sites is 1. The van der Waals surface area contributed by atoms with E-state index in [9.17, 15) is 0 Å². The van der Waals surface area contributed by atoms with Crippen molar-refractivity contribution in [2.45, 2.75) is 20.4 Å². The first kappa shape index (κ1) is 15.0. The monoisotopic (exact) mass is 305 g/mol. The van der Waals surface area contributed by atoms with Crippen LogP contribution in [0.1, 0.15) is 16.7 Å². The molecule has 3 aromatic rings. The SMILES string of the molecule is Cc1cccc(CNc2cnnc(Nc3ccccc3C)n2)c1. The van der Waals surface area contributed by atoms with Crippen molar-refractivity contribution < 1.29 is 0 Å². The zero-order chi connectivity index (χ0) is 16.1. The molecule has 0 unspecified atom stereocenters. The Bertz CT molecular complexity index is 801. The Labute approximate surface area is 135 Å². The van der Waals surface area contributed by atoms with Gasteiger partial charge in [-0.1, -0.05) is 48.0 Å². The third kappa shape index (κ3) is 4.03. The summed E-state index contributed by atoms with van der Waals surface area (Å²) in [6.07, 6.45) is 1.62. The van der Waals surface area contributed by atoms with Gasteiger partial charge in [-0.2, -0.15) is 10.1 Å². The lowest BCUT2D eigenvalue weighted by Crippen LogP contribution is -2.06. The van der Waals surface area contributed by atoms with E-state index in [1.165, 1.54) is 11.1 Å². The lowest BCUT2D eigenvalue weighted by molar-refractivity contribution is 0.965. The topological polar surface area (TPSA) is 62.7 Å². The minimum Gasteiger partial charge on any atom is -0.365 e. The van der Waals surface area contributed by atoms with E-state index in [1.54, 1.807) is 6.20 Å². The summed E-state index contributed by atoms with van der Waals surface area (Å²) in [6, 6.07) is 16.4. The summed E-state index contributed by atoms with van der Waals surface area (Å²) in [5.41, 5.74) is 4.56. The summed E-state index contributed by atoms with van der Waals surface area (Å²) in [4.78, 5) is 4.45. The third-order valence-electron chi connectivity index (χ3n) is 3.51. The molecule has 0 atom stereocenters. The molecular formula is C18H19N5. The molecule has 3 rings (SSSR count). The molecule has 0 radical (unpaired) electrons. The van der Waals surface area contributed by atoms with E-state index in [2.05, 4.69) is 57.0 Å². The zero-order valence-electron chi connectivity index (χ0n) is 13.2. The molecular weight excluding hydrogens is 286 g/mol. The van der Waals surface area contributed by atoms with Crippen LogP contribution in [0, 0.1) is 13.8 Å². The second-order valence-corrected chi connectivity index (χ2v) is 5.45. The van der Waals surface area contributed by atoms with Crippen LogP contribution in [0.15, 0.2) is 54.7 Å². The second-order valence-electron chi connectivity index (χ2n) is 5.45. The summed E-state index contributed by atoms with van der Waals surface area (Å²) < 4.78 is 0. The van der Waals surface area contributed by atoms with E-state index in [0.29, 0.717) is 18.3 Å². The van der Waals surface area contributed by atoms with Gasteiger partial charge in [0, 0.05) is 12.2 Å². The fourth-order valence-electron chi connectivity index (χ4n) is 2.29. The molecule has 5 nitrogen and oxygen atoms in total. The molecule has 0 spiro atoms. The molecule has 23 heavy (non-hydrogen) atoms. The van der Waals surface area contributed by atoms with Gasteiger partial charge in [0.15, 0.2) is 5.82 Å². The van der Waals surface area contributed by atoms with Gasteiger partial charge in [-0.05, 0) is 31.0 Å². The van der Waals surface area contributed by atoms with E-state index in [1.807, 2.05) is 31.2 Å². The Morgan fingerprint density at radius 3 is 2.70 bits per heavy atom. The van der Waals surface area contributed by atoms with Crippen LogP contribution in [0.5, 0.6) is 0 Å². The second kappa shape index (κ2) is 6.87. The zero-order valence-corrected chi connectivity index (χ0v) is 13.2. The van der Waals surface area contributed by atoms with Gasteiger partial charge in [0.2, 0.25) is 5.95 Å². The summed E-state index contributed by atoms with van der Waals surface area (Å²) in [7, 11) is 0. The minimum atomic E-state index is 0.480. The smallest absolute Gasteiger partial charge is 0.249 e. The van der Waals surface area contributed by atoms with Gasteiger partial charge in [0.1, 0.15) is 0 Å². The highest BCUT2D eigenvalue weighted by atomic mass is 15.3. The van der Waals surface area contributed by atoms with Crippen molar-refractivity contribution in [3.8, 4) is 0 Å². The van der Waals surface area contributed by atoms with Crippen molar-refractivity contribution in [2.75, 3.05) is 10.6 Å². The van der Waals surface area contributed by atoms with Crippen LogP contribution in [0.25, 0.3) is 0 Å². The highest BCUT2D eigenvalue weighted by molar-refractivity contribution is 5.58. The lowest BCUT2D eigenvalue weighted by atomic mass is 10.1. The molecule has 2 N–H and O–H groups in total. The largest absolute Gasteiger partial charge is 0.365 e. The number of rotatable bonds is 5. The summed E-state index contributed by atoms with van der Waals surface area (Å²) >= 11 is 0. The molecule has 0 amide bonds. The molecule has 5 heteroatoms. The van der Waals surface area contributed by atoms with Gasteiger partial charge in [0.25, 0.3) is 0 Å². The highest BCUT2D eigenvalue weighted by Crippen LogP contribution is 2.17. The van der Waals surface area contributed by atoms with Gasteiger partial charge in [0.05, 0.1) is 6.20 Å². The van der Waals surface area contributed by atoms with Gasteiger partial charge in [-0.25, -0.2) is 0 Å². The molecule has 0 aliphatic carbocycles. The van der Waals surface area contributed by atoms with Crippen LogP contribution in [0.4, 0.5) is 17.5 Å². The first-order valence-corrected chi connectivity index (χ1v) is 7.52. The molecule has 0 saturated heterocycles. The van der Waals surface area contributed by atoms with Crippen molar-refractivity contribution >= 4 is 17.5 Å². The quantitative estimate of drug-likeness (QED) is 0.750. The van der Waals surface area contributed by atoms with Gasteiger partial charge >= 0.3 is 0 Å². The normalized spacial score (nSPS) is 10.3. The first-order valence-electron chi connectivity index (χ1n) is 7.52. The summed E-state index contributed by atoms with van der Waals surface area (Å²) in [5, 5.41) is 14.5. The number of aryl methyl sites for hydroxylation is 2. The van der Waals surface area contributed by atoms with Crippen molar-refractivity contribution in [1.29, 1.82) is 0 Å². The molecule has 1 heterocycles. The highest BCUT2D eigenvalue weighted by Gasteiger charge is 2.03. The maximum atomic E-state index is 4.45. The lowest BCUT2D eigenvalue weighted by Gasteiger charge is -2.09. The third-order valence-corrected chi connectivity index (χ3v) is 3.51. The fourth-order valence-corrected chi connectivity index (χ4v) is 2.29. The maximum absolute atomic E-state index is 4.45. The molecule has 0 aliphatic heterocycles. The van der Waals surface area contributed by atoms with E-state index >= 15 is 0 Å². The van der Waals surface area contributed by atoms with Crippen molar-refractivity contribution in [2.24, 2.45) is 0 Å². The van der Waals surface area contributed by atoms with Crippen LogP contribution in [-0.2, 0) is 6.54 Å². The van der Waals surface area contributed by atoms with Gasteiger partial charge in [-0.15, -0.1) is 5.10 Å². The number of nitrogens with one attached hydrogen (secondary N) is 2. The average molecular weight is 305 g/mol. The van der Waals surface area contributed by atoms with Gasteiger partial charge < -0.3 is 10.6 Å². The molecule has 0 saturated carbocycles. The van der Waals surface area contributed by atoms with Crippen LogP contribution in [0.3, 0.4) is 0 Å². The predicted octanol–water partition coefficient (Wildman–Crippen LogP) is 3.84. The van der Waals surface area contributed by atoms with Crippen molar-refractivity contribution in [3.63, 3.8) is 0 Å². The Morgan fingerprint density at radius 2 is 1.87 bits per heavy atom.